The first-order valence-electron chi connectivity index (χ1n) is 7.90. The van der Waals surface area contributed by atoms with Crippen LogP contribution in [0.25, 0.3) is 0 Å². The molecular formula is C16H32IN5S. The van der Waals surface area contributed by atoms with Crippen LogP contribution in [0.15, 0.2) is 11.2 Å². The Kier molecular flexibility index (Phi) is 11.0. The lowest BCUT2D eigenvalue weighted by Gasteiger charge is -2.26. The van der Waals surface area contributed by atoms with Crippen LogP contribution in [0, 0.1) is 12.3 Å². The topological polar surface area (TPSA) is 52.6 Å². The molecule has 0 aliphatic heterocycles. The van der Waals surface area contributed by atoms with Crippen molar-refractivity contribution in [2.24, 2.45) is 10.4 Å². The number of thiazole rings is 1. The highest BCUT2D eigenvalue weighted by Crippen LogP contribution is 2.16. The Morgan fingerprint density at radius 2 is 2.04 bits per heavy atom. The van der Waals surface area contributed by atoms with Crippen LogP contribution in [0.2, 0.25) is 0 Å². The van der Waals surface area contributed by atoms with Gasteiger partial charge in [0.05, 0.1) is 5.01 Å². The molecule has 0 atom stereocenters. The molecule has 0 fully saturated rings. The van der Waals surface area contributed by atoms with Gasteiger partial charge in [0.15, 0.2) is 5.96 Å². The highest BCUT2D eigenvalue weighted by Gasteiger charge is 2.18. The largest absolute Gasteiger partial charge is 0.357 e. The molecule has 1 heterocycles. The number of hydrogen-bond donors (Lipinski definition) is 2. The van der Waals surface area contributed by atoms with Crippen molar-refractivity contribution in [1.82, 2.24) is 20.5 Å². The van der Waals surface area contributed by atoms with E-state index in [0.717, 1.165) is 38.6 Å². The predicted octanol–water partition coefficient (Wildman–Crippen LogP) is 2.75. The van der Waals surface area contributed by atoms with E-state index >= 15 is 0 Å². The quantitative estimate of drug-likeness (QED) is 0.361. The van der Waals surface area contributed by atoms with E-state index < -0.39 is 0 Å². The Bertz CT molecular complexity index is 471. The second-order valence-electron chi connectivity index (χ2n) is 6.64. The Morgan fingerprint density at radius 3 is 2.57 bits per heavy atom. The number of nitrogens with one attached hydrogen (secondary N) is 2. The van der Waals surface area contributed by atoms with E-state index in [4.69, 9.17) is 4.99 Å². The highest BCUT2D eigenvalue weighted by atomic mass is 127. The average molecular weight is 453 g/mol. The van der Waals surface area contributed by atoms with Crippen LogP contribution in [0.5, 0.6) is 0 Å². The van der Waals surface area contributed by atoms with Crippen molar-refractivity contribution in [1.29, 1.82) is 0 Å². The Balaban J connectivity index is 0.00000484. The van der Waals surface area contributed by atoms with Crippen LogP contribution in [-0.4, -0.2) is 56.1 Å². The number of aliphatic imine (C=N–C) groups is 1. The van der Waals surface area contributed by atoms with Gasteiger partial charge in [-0.15, -0.1) is 35.3 Å². The lowest BCUT2D eigenvalue weighted by atomic mass is 9.93. The van der Waals surface area contributed by atoms with Crippen LogP contribution in [0.4, 0.5) is 0 Å². The van der Waals surface area contributed by atoms with Crippen molar-refractivity contribution in [2.45, 2.75) is 34.1 Å². The summed E-state index contributed by atoms with van der Waals surface area (Å²) in [4.78, 5) is 12.6. The molecule has 0 bridgehead atoms. The van der Waals surface area contributed by atoms with E-state index in [2.05, 4.69) is 62.3 Å². The van der Waals surface area contributed by atoms with Gasteiger partial charge >= 0.3 is 0 Å². The molecule has 5 nitrogen and oxygen atoms in total. The van der Waals surface area contributed by atoms with Gasteiger partial charge < -0.3 is 15.5 Å². The Morgan fingerprint density at radius 1 is 1.35 bits per heavy atom. The molecule has 0 aliphatic rings. The molecule has 134 valence electrons. The van der Waals surface area contributed by atoms with Gasteiger partial charge in [0.1, 0.15) is 0 Å². The molecular weight excluding hydrogens is 421 g/mol. The third-order valence-corrected chi connectivity index (χ3v) is 4.03. The van der Waals surface area contributed by atoms with Gasteiger partial charge in [-0.05, 0) is 33.4 Å². The summed E-state index contributed by atoms with van der Waals surface area (Å²) < 4.78 is 0. The van der Waals surface area contributed by atoms with Gasteiger partial charge in [0.2, 0.25) is 0 Å². The minimum absolute atomic E-state index is 0. The van der Waals surface area contributed by atoms with Crippen LogP contribution in [0.1, 0.15) is 30.7 Å². The van der Waals surface area contributed by atoms with E-state index in [1.807, 2.05) is 6.20 Å². The van der Waals surface area contributed by atoms with E-state index in [1.54, 1.807) is 11.3 Å². The van der Waals surface area contributed by atoms with Crippen molar-refractivity contribution in [3.63, 3.8) is 0 Å². The summed E-state index contributed by atoms with van der Waals surface area (Å²) in [5, 5.41) is 7.88. The zero-order valence-corrected chi connectivity index (χ0v) is 18.4. The molecule has 1 rings (SSSR count). The van der Waals surface area contributed by atoms with Crippen molar-refractivity contribution in [3.05, 3.63) is 16.1 Å². The predicted molar refractivity (Wildman–Crippen MR) is 112 cm³/mol. The molecule has 2 N–H and O–H groups in total. The van der Waals surface area contributed by atoms with Gasteiger partial charge in [0, 0.05) is 43.7 Å². The number of nitrogens with zero attached hydrogens (tertiary/aromatic N) is 3. The first-order chi connectivity index (χ1) is 10.3. The number of rotatable bonds is 8. The summed E-state index contributed by atoms with van der Waals surface area (Å²) >= 11 is 1.76. The second-order valence-corrected chi connectivity index (χ2v) is 7.96. The van der Waals surface area contributed by atoms with Gasteiger partial charge in [-0.1, -0.05) is 13.8 Å². The minimum Gasteiger partial charge on any atom is -0.357 e. The molecule has 0 amide bonds. The van der Waals surface area contributed by atoms with Crippen LogP contribution in [-0.2, 0) is 6.42 Å². The van der Waals surface area contributed by atoms with Crippen LogP contribution >= 0.6 is 35.3 Å². The van der Waals surface area contributed by atoms with Crippen LogP contribution in [0.3, 0.4) is 0 Å². The molecule has 7 heteroatoms. The van der Waals surface area contributed by atoms with Crippen LogP contribution < -0.4 is 10.6 Å². The highest BCUT2D eigenvalue weighted by molar-refractivity contribution is 14.0. The maximum atomic E-state index is 4.73. The van der Waals surface area contributed by atoms with Gasteiger partial charge in [-0.3, -0.25) is 4.99 Å². The standard InChI is InChI=1S/C16H31N5S.HI/c1-7-17-15(20-11-16(3,4)12-21(5)6)18-9-8-14-19-10-13(2)22-14;/h10H,7-9,11-12H2,1-6H3,(H2,17,18,20);1H. The Labute approximate surface area is 162 Å². The molecule has 0 saturated carbocycles. The molecule has 0 radical (unpaired) electrons. The number of aromatic nitrogens is 1. The zero-order chi connectivity index (χ0) is 16.6. The summed E-state index contributed by atoms with van der Waals surface area (Å²) in [6, 6.07) is 0. The van der Waals surface area contributed by atoms with E-state index in [-0.39, 0.29) is 29.4 Å². The van der Waals surface area contributed by atoms with E-state index in [9.17, 15) is 0 Å². The number of aryl methyl sites for hydroxylation is 1. The molecule has 0 unspecified atom stereocenters. The van der Waals surface area contributed by atoms with Crippen molar-refractivity contribution < 1.29 is 0 Å². The fourth-order valence-corrected chi connectivity index (χ4v) is 3.13. The first-order valence-corrected chi connectivity index (χ1v) is 8.72. The zero-order valence-electron chi connectivity index (χ0n) is 15.3. The normalized spacial score (nSPS) is 12.2. The fourth-order valence-electron chi connectivity index (χ4n) is 2.35. The lowest BCUT2D eigenvalue weighted by Crippen LogP contribution is -2.40. The summed E-state index contributed by atoms with van der Waals surface area (Å²) in [5.74, 6) is 0.891. The van der Waals surface area contributed by atoms with E-state index in [1.165, 1.54) is 9.88 Å². The van der Waals surface area contributed by atoms with Gasteiger partial charge in [0.25, 0.3) is 0 Å². The Hall–Kier alpha value is -0.410. The number of halogens is 1. The fraction of sp³-hybridized carbons (Fsp3) is 0.750. The third-order valence-electron chi connectivity index (χ3n) is 3.05. The molecule has 0 spiro atoms. The van der Waals surface area contributed by atoms with Crippen molar-refractivity contribution in [2.75, 3.05) is 40.3 Å². The van der Waals surface area contributed by atoms with Gasteiger partial charge in [-0.25, -0.2) is 4.98 Å². The average Bonchev–Trinajstić information content (AvgIpc) is 2.80. The van der Waals surface area contributed by atoms with Gasteiger partial charge in [-0.2, -0.15) is 0 Å². The minimum atomic E-state index is 0. The summed E-state index contributed by atoms with van der Waals surface area (Å²) in [6.45, 7) is 12.2. The maximum absolute atomic E-state index is 4.73. The van der Waals surface area contributed by atoms with Crippen molar-refractivity contribution in [3.8, 4) is 0 Å². The molecule has 0 saturated heterocycles. The molecule has 23 heavy (non-hydrogen) atoms. The molecule has 0 aliphatic carbocycles. The smallest absolute Gasteiger partial charge is 0.191 e. The monoisotopic (exact) mass is 453 g/mol. The number of hydrogen-bond acceptors (Lipinski definition) is 4. The maximum Gasteiger partial charge on any atom is 0.191 e. The number of guanidine groups is 1. The molecule has 1 aromatic heterocycles. The first kappa shape index (κ1) is 22.6. The summed E-state index contributed by atoms with van der Waals surface area (Å²) in [6.07, 6.45) is 2.87. The van der Waals surface area contributed by atoms with Crippen molar-refractivity contribution >= 4 is 41.3 Å². The second kappa shape index (κ2) is 11.2. The lowest BCUT2D eigenvalue weighted by molar-refractivity contribution is 0.248. The summed E-state index contributed by atoms with van der Waals surface area (Å²) in [7, 11) is 4.20. The third kappa shape index (κ3) is 10.1. The SMILES string of the molecule is CCNC(=NCC(C)(C)CN(C)C)NCCc1ncc(C)s1.I. The molecule has 0 aromatic carbocycles. The molecule has 1 aromatic rings. The van der Waals surface area contributed by atoms with E-state index in [0.29, 0.717) is 0 Å². The summed E-state index contributed by atoms with van der Waals surface area (Å²) in [5.41, 5.74) is 0.165.